The summed E-state index contributed by atoms with van der Waals surface area (Å²) < 4.78 is 14.8. The van der Waals surface area contributed by atoms with Gasteiger partial charge in [0.2, 0.25) is 5.91 Å². The average molecular weight is 341 g/mol. The molecule has 2 bridgehead atoms. The van der Waals surface area contributed by atoms with Gasteiger partial charge in [0.15, 0.2) is 5.82 Å². The fourth-order valence-corrected chi connectivity index (χ4v) is 4.55. The predicted molar refractivity (Wildman–Crippen MR) is 94.7 cm³/mol. The Morgan fingerprint density at radius 1 is 1.28 bits per heavy atom. The molecule has 4 rings (SSSR count). The van der Waals surface area contributed by atoms with Crippen LogP contribution >= 0.6 is 0 Å². The van der Waals surface area contributed by atoms with E-state index in [-0.39, 0.29) is 11.7 Å². The van der Waals surface area contributed by atoms with Gasteiger partial charge in [0.05, 0.1) is 6.54 Å². The zero-order valence-corrected chi connectivity index (χ0v) is 14.5. The minimum Gasteiger partial charge on any atom is -0.309 e. The number of nitrogens with zero attached hydrogens (tertiary/aromatic N) is 2. The zero-order chi connectivity index (χ0) is 17.4. The Labute approximate surface area is 147 Å². The number of nitrogens with one attached hydrogen (secondary N) is 1. The normalized spacial score (nSPS) is 24.6. The molecule has 0 saturated heterocycles. The first kappa shape index (κ1) is 16.3. The van der Waals surface area contributed by atoms with Gasteiger partial charge in [-0.2, -0.15) is 5.10 Å². The predicted octanol–water partition coefficient (Wildman–Crippen LogP) is 4.14. The van der Waals surface area contributed by atoms with Crippen LogP contribution in [0.2, 0.25) is 0 Å². The standard InChI is InChI=1S/C20H24FN3O/c1-13-8-19(23-24(13)12-14-3-6-18(21)7-4-14)22-20(25)11-17-10-15-2-5-16(17)9-15/h3-4,6-8,15-17H,2,5,9-12H2,1H3,(H,22,23,25)/t15-,16-,17+/m1/s1. The molecule has 3 atom stereocenters. The van der Waals surface area contributed by atoms with Crippen molar-refractivity contribution in [2.24, 2.45) is 17.8 Å². The number of benzene rings is 1. The Balaban J connectivity index is 1.36. The molecule has 5 heteroatoms. The fraction of sp³-hybridized carbons (Fsp3) is 0.500. The summed E-state index contributed by atoms with van der Waals surface area (Å²) in [6.07, 6.45) is 5.81. The minimum atomic E-state index is -0.241. The van der Waals surface area contributed by atoms with Crippen LogP contribution < -0.4 is 5.32 Å². The molecule has 0 aliphatic heterocycles. The first-order valence-electron chi connectivity index (χ1n) is 9.15. The number of anilines is 1. The molecule has 1 aromatic heterocycles. The minimum absolute atomic E-state index is 0.0731. The van der Waals surface area contributed by atoms with Crippen LogP contribution in [0, 0.1) is 30.5 Å². The van der Waals surface area contributed by atoms with Crippen LogP contribution in [0.15, 0.2) is 30.3 Å². The van der Waals surface area contributed by atoms with E-state index in [0.29, 0.717) is 24.7 Å². The summed E-state index contributed by atoms with van der Waals surface area (Å²) in [6.45, 7) is 2.52. The number of amides is 1. The van der Waals surface area contributed by atoms with E-state index in [9.17, 15) is 9.18 Å². The molecule has 0 unspecified atom stereocenters. The summed E-state index contributed by atoms with van der Waals surface area (Å²) in [6, 6.07) is 8.30. The van der Waals surface area contributed by atoms with Crippen molar-refractivity contribution in [3.63, 3.8) is 0 Å². The molecule has 132 valence electrons. The number of halogens is 1. The van der Waals surface area contributed by atoms with Gasteiger partial charge in [-0.25, -0.2) is 4.39 Å². The molecule has 2 saturated carbocycles. The maximum atomic E-state index is 13.0. The highest BCUT2D eigenvalue weighted by Gasteiger charge is 2.40. The van der Waals surface area contributed by atoms with Crippen molar-refractivity contribution in [2.75, 3.05) is 5.32 Å². The lowest BCUT2D eigenvalue weighted by Gasteiger charge is -2.20. The molecule has 4 nitrogen and oxygen atoms in total. The van der Waals surface area contributed by atoms with E-state index in [2.05, 4.69) is 10.4 Å². The number of carbonyl (C=O) groups is 1. The van der Waals surface area contributed by atoms with Gasteiger partial charge in [0.25, 0.3) is 0 Å². The largest absolute Gasteiger partial charge is 0.309 e. The van der Waals surface area contributed by atoms with E-state index >= 15 is 0 Å². The lowest BCUT2D eigenvalue weighted by Crippen LogP contribution is -2.20. The third-order valence-corrected chi connectivity index (χ3v) is 5.83. The quantitative estimate of drug-likeness (QED) is 0.888. The van der Waals surface area contributed by atoms with Crippen molar-refractivity contribution in [2.45, 2.75) is 45.6 Å². The molecular weight excluding hydrogens is 317 g/mol. The van der Waals surface area contributed by atoms with Crippen molar-refractivity contribution < 1.29 is 9.18 Å². The Kier molecular flexibility index (Phi) is 4.32. The monoisotopic (exact) mass is 341 g/mol. The van der Waals surface area contributed by atoms with Crippen LogP contribution in [0.25, 0.3) is 0 Å². The van der Waals surface area contributed by atoms with Crippen LogP contribution in [0.3, 0.4) is 0 Å². The highest BCUT2D eigenvalue weighted by Crippen LogP contribution is 2.49. The summed E-state index contributed by atoms with van der Waals surface area (Å²) in [4.78, 5) is 12.4. The molecule has 0 radical (unpaired) electrons. The van der Waals surface area contributed by atoms with Crippen LogP contribution in [0.4, 0.5) is 10.2 Å². The maximum absolute atomic E-state index is 13.0. The molecule has 1 N–H and O–H groups in total. The molecule has 2 aromatic rings. The van der Waals surface area contributed by atoms with E-state index in [4.69, 9.17) is 0 Å². The maximum Gasteiger partial charge on any atom is 0.225 e. The van der Waals surface area contributed by atoms with Gasteiger partial charge in [-0.15, -0.1) is 0 Å². The summed E-state index contributed by atoms with van der Waals surface area (Å²) >= 11 is 0. The second-order valence-corrected chi connectivity index (χ2v) is 7.64. The molecule has 0 spiro atoms. The van der Waals surface area contributed by atoms with Crippen molar-refractivity contribution in [1.29, 1.82) is 0 Å². The zero-order valence-electron chi connectivity index (χ0n) is 14.5. The lowest BCUT2D eigenvalue weighted by molar-refractivity contribution is -0.117. The summed E-state index contributed by atoms with van der Waals surface area (Å²) in [5, 5.41) is 7.43. The summed E-state index contributed by atoms with van der Waals surface area (Å²) in [5.74, 6) is 2.61. The van der Waals surface area contributed by atoms with Crippen molar-refractivity contribution in [3.05, 3.63) is 47.4 Å². The van der Waals surface area contributed by atoms with Gasteiger partial charge >= 0.3 is 0 Å². The van der Waals surface area contributed by atoms with Gasteiger partial charge in [-0.3, -0.25) is 9.48 Å². The molecular formula is C20H24FN3O. The number of fused-ring (bicyclic) bond motifs is 2. The van der Waals surface area contributed by atoms with Crippen molar-refractivity contribution in [1.82, 2.24) is 9.78 Å². The van der Waals surface area contributed by atoms with Gasteiger partial charge in [0.1, 0.15) is 5.82 Å². The third-order valence-electron chi connectivity index (χ3n) is 5.83. The van der Waals surface area contributed by atoms with E-state index in [1.54, 1.807) is 12.1 Å². The van der Waals surface area contributed by atoms with Crippen LogP contribution in [0.1, 0.15) is 43.4 Å². The topological polar surface area (TPSA) is 46.9 Å². The summed E-state index contributed by atoms with van der Waals surface area (Å²) in [5.41, 5.74) is 1.95. The van der Waals surface area contributed by atoms with Gasteiger partial charge in [-0.1, -0.05) is 18.6 Å². The molecule has 2 aliphatic rings. The first-order valence-corrected chi connectivity index (χ1v) is 9.15. The van der Waals surface area contributed by atoms with Crippen LogP contribution in [-0.2, 0) is 11.3 Å². The third kappa shape index (κ3) is 3.60. The number of carbonyl (C=O) groups excluding carboxylic acids is 1. The molecule has 2 fully saturated rings. The average Bonchev–Trinajstić information content (AvgIpc) is 3.26. The van der Waals surface area contributed by atoms with Crippen molar-refractivity contribution >= 4 is 11.7 Å². The molecule has 2 aliphatic carbocycles. The second-order valence-electron chi connectivity index (χ2n) is 7.64. The molecule has 25 heavy (non-hydrogen) atoms. The number of hydrogen-bond acceptors (Lipinski definition) is 2. The molecule has 1 aromatic carbocycles. The highest BCUT2D eigenvalue weighted by molar-refractivity contribution is 5.90. The Bertz CT molecular complexity index is 768. The van der Waals surface area contributed by atoms with Crippen LogP contribution in [0.5, 0.6) is 0 Å². The van der Waals surface area contributed by atoms with E-state index in [1.807, 2.05) is 17.7 Å². The highest BCUT2D eigenvalue weighted by atomic mass is 19.1. The SMILES string of the molecule is Cc1cc(NC(=O)C[C@@H]2C[C@@H]3CC[C@@H]2C3)nn1Cc1ccc(F)cc1. The van der Waals surface area contributed by atoms with E-state index in [1.165, 1.54) is 37.8 Å². The molecule has 1 amide bonds. The van der Waals surface area contributed by atoms with Crippen LogP contribution in [-0.4, -0.2) is 15.7 Å². The van der Waals surface area contributed by atoms with Crippen molar-refractivity contribution in [3.8, 4) is 0 Å². The van der Waals surface area contributed by atoms with E-state index < -0.39 is 0 Å². The number of hydrogen-bond donors (Lipinski definition) is 1. The number of aryl methyl sites for hydroxylation is 1. The van der Waals surface area contributed by atoms with Gasteiger partial charge in [-0.05, 0) is 61.6 Å². The lowest BCUT2D eigenvalue weighted by atomic mass is 9.86. The fourth-order valence-electron chi connectivity index (χ4n) is 4.55. The van der Waals surface area contributed by atoms with Gasteiger partial charge in [0, 0.05) is 18.2 Å². The number of rotatable bonds is 5. The first-order chi connectivity index (χ1) is 12.1. The molecule has 1 heterocycles. The van der Waals surface area contributed by atoms with E-state index in [0.717, 1.165) is 23.1 Å². The van der Waals surface area contributed by atoms with Gasteiger partial charge < -0.3 is 5.32 Å². The Morgan fingerprint density at radius 3 is 2.76 bits per heavy atom. The Morgan fingerprint density at radius 2 is 2.08 bits per heavy atom. The number of aromatic nitrogens is 2. The summed E-state index contributed by atoms with van der Waals surface area (Å²) in [7, 11) is 0. The Hall–Kier alpha value is -2.17. The second kappa shape index (κ2) is 6.62. The smallest absolute Gasteiger partial charge is 0.225 e.